The van der Waals surface area contributed by atoms with Gasteiger partial charge < -0.3 is 5.32 Å². The van der Waals surface area contributed by atoms with Crippen LogP contribution in [0.3, 0.4) is 0 Å². The summed E-state index contributed by atoms with van der Waals surface area (Å²) in [5, 5.41) is 4.19. The lowest BCUT2D eigenvalue weighted by atomic mass is 9.89. The highest BCUT2D eigenvalue weighted by atomic mass is 32.1. The average molecular weight is 370 g/mol. The van der Waals surface area contributed by atoms with Gasteiger partial charge in [0.25, 0.3) is 0 Å². The zero-order chi connectivity index (χ0) is 17.9. The number of piperidine rings is 1. The van der Waals surface area contributed by atoms with Crippen LogP contribution in [0.5, 0.6) is 0 Å². The van der Waals surface area contributed by atoms with Crippen LogP contribution >= 0.6 is 11.3 Å². The van der Waals surface area contributed by atoms with E-state index in [1.54, 1.807) is 18.3 Å². The lowest BCUT2D eigenvalue weighted by molar-refractivity contribution is -0.114. The molecule has 4 nitrogen and oxygen atoms in total. The van der Waals surface area contributed by atoms with Crippen molar-refractivity contribution in [3.8, 4) is 0 Å². The van der Waals surface area contributed by atoms with Crippen molar-refractivity contribution < 1.29 is 4.79 Å². The van der Waals surface area contributed by atoms with Gasteiger partial charge in [0.05, 0.1) is 11.7 Å². The maximum absolute atomic E-state index is 11.9. The number of hydrogen-bond donors (Lipinski definition) is 1. The molecular formula is C21H27N3OS. The summed E-state index contributed by atoms with van der Waals surface area (Å²) in [5.74, 6) is 0.0169. The van der Waals surface area contributed by atoms with Crippen molar-refractivity contribution in [2.45, 2.75) is 57.9 Å². The van der Waals surface area contributed by atoms with Gasteiger partial charge in [-0.3, -0.25) is 14.7 Å². The second kappa shape index (κ2) is 7.89. The number of thiophene rings is 1. The van der Waals surface area contributed by atoms with E-state index >= 15 is 0 Å². The van der Waals surface area contributed by atoms with E-state index in [1.807, 2.05) is 12.3 Å². The number of pyridine rings is 1. The SMILES string of the molecule is CC(=O)Nc1sc2c(c1C(c1ccccn1)N1CCCCC1)CCCC2. The van der Waals surface area contributed by atoms with E-state index in [0.29, 0.717) is 0 Å². The molecule has 2 aromatic rings. The third kappa shape index (κ3) is 3.55. The molecule has 1 amide bonds. The summed E-state index contributed by atoms with van der Waals surface area (Å²) in [5.41, 5.74) is 3.90. The molecule has 0 radical (unpaired) electrons. The molecule has 1 aliphatic heterocycles. The van der Waals surface area contributed by atoms with Gasteiger partial charge in [0, 0.05) is 23.6 Å². The number of likely N-dealkylation sites (tertiary alicyclic amines) is 1. The van der Waals surface area contributed by atoms with Crippen LogP contribution < -0.4 is 5.32 Å². The zero-order valence-electron chi connectivity index (χ0n) is 15.5. The topological polar surface area (TPSA) is 45.2 Å². The van der Waals surface area contributed by atoms with Crippen molar-refractivity contribution >= 4 is 22.2 Å². The van der Waals surface area contributed by atoms with Gasteiger partial charge in [-0.05, 0) is 69.3 Å². The highest BCUT2D eigenvalue weighted by molar-refractivity contribution is 7.16. The number of rotatable bonds is 4. The standard InChI is InChI=1S/C21H27N3OS/c1-15(25)23-21-19(16-9-3-4-11-18(16)26-21)20(17-10-5-6-12-22-17)24-13-7-2-8-14-24/h5-6,10,12,20H,2-4,7-9,11,13-14H2,1H3,(H,23,25). The third-order valence-corrected chi connectivity index (χ3v) is 6.72. The molecule has 1 N–H and O–H groups in total. The Bertz CT molecular complexity index is 765. The Kier molecular flexibility index (Phi) is 5.36. The maximum atomic E-state index is 11.9. The van der Waals surface area contributed by atoms with Gasteiger partial charge in [0.15, 0.2) is 0 Å². The molecule has 26 heavy (non-hydrogen) atoms. The Balaban J connectivity index is 1.84. The highest BCUT2D eigenvalue weighted by Crippen LogP contribution is 2.45. The van der Waals surface area contributed by atoms with Crippen molar-refractivity contribution in [2.24, 2.45) is 0 Å². The van der Waals surface area contributed by atoms with Crippen LogP contribution in [-0.2, 0) is 17.6 Å². The van der Waals surface area contributed by atoms with E-state index in [9.17, 15) is 4.79 Å². The first-order chi connectivity index (χ1) is 12.7. The molecule has 2 aromatic heterocycles. The summed E-state index contributed by atoms with van der Waals surface area (Å²) in [4.78, 5) is 20.7. The van der Waals surface area contributed by atoms with Crippen molar-refractivity contribution in [1.29, 1.82) is 0 Å². The van der Waals surface area contributed by atoms with Gasteiger partial charge >= 0.3 is 0 Å². The molecule has 2 aliphatic rings. The quantitative estimate of drug-likeness (QED) is 0.859. The number of aromatic nitrogens is 1. The van der Waals surface area contributed by atoms with Gasteiger partial charge in [0.2, 0.25) is 5.91 Å². The van der Waals surface area contributed by atoms with E-state index in [1.165, 1.54) is 48.1 Å². The number of nitrogens with zero attached hydrogens (tertiary/aromatic N) is 2. The molecule has 138 valence electrons. The first kappa shape index (κ1) is 17.7. The number of carbonyl (C=O) groups is 1. The number of hydrogen-bond acceptors (Lipinski definition) is 4. The summed E-state index contributed by atoms with van der Waals surface area (Å²) < 4.78 is 0. The number of amides is 1. The molecule has 0 aromatic carbocycles. The Labute approximate surface area is 159 Å². The molecule has 5 heteroatoms. The number of aryl methyl sites for hydroxylation is 1. The van der Waals surface area contributed by atoms with Gasteiger partial charge in [-0.2, -0.15) is 0 Å². The summed E-state index contributed by atoms with van der Waals surface area (Å²) in [6.45, 7) is 3.82. The molecule has 1 saturated heterocycles. The van der Waals surface area contributed by atoms with Crippen LogP contribution in [0.15, 0.2) is 24.4 Å². The predicted molar refractivity (Wildman–Crippen MR) is 107 cm³/mol. The normalized spacial score (nSPS) is 19.0. The number of nitrogens with one attached hydrogen (secondary N) is 1. The van der Waals surface area contributed by atoms with Crippen LogP contribution in [0.4, 0.5) is 5.00 Å². The minimum atomic E-state index is 0.0169. The number of anilines is 1. The van der Waals surface area contributed by atoms with Gasteiger partial charge in [0.1, 0.15) is 5.00 Å². The fraction of sp³-hybridized carbons (Fsp3) is 0.524. The van der Waals surface area contributed by atoms with Crippen LogP contribution in [0.1, 0.15) is 66.8 Å². The molecule has 4 rings (SSSR count). The molecule has 0 saturated carbocycles. The smallest absolute Gasteiger partial charge is 0.221 e. The largest absolute Gasteiger partial charge is 0.318 e. The third-order valence-electron chi connectivity index (χ3n) is 5.50. The monoisotopic (exact) mass is 369 g/mol. The van der Waals surface area contributed by atoms with Crippen LogP contribution in [-0.4, -0.2) is 28.9 Å². The lowest BCUT2D eigenvalue weighted by Crippen LogP contribution is -2.35. The van der Waals surface area contributed by atoms with Gasteiger partial charge in [-0.25, -0.2) is 0 Å². The molecule has 1 aliphatic carbocycles. The summed E-state index contributed by atoms with van der Waals surface area (Å²) in [6, 6.07) is 6.35. The second-order valence-corrected chi connectivity index (χ2v) is 8.49. The molecule has 1 atom stereocenters. The van der Waals surface area contributed by atoms with Crippen molar-refractivity contribution in [1.82, 2.24) is 9.88 Å². The minimum Gasteiger partial charge on any atom is -0.318 e. The van der Waals surface area contributed by atoms with E-state index in [0.717, 1.165) is 36.6 Å². The first-order valence-corrected chi connectivity index (χ1v) is 10.6. The Morgan fingerprint density at radius 1 is 1.15 bits per heavy atom. The van der Waals surface area contributed by atoms with Crippen molar-refractivity contribution in [2.75, 3.05) is 18.4 Å². The zero-order valence-corrected chi connectivity index (χ0v) is 16.3. The second-order valence-electron chi connectivity index (χ2n) is 7.39. The van der Waals surface area contributed by atoms with Crippen LogP contribution in [0.2, 0.25) is 0 Å². The van der Waals surface area contributed by atoms with E-state index in [2.05, 4.69) is 22.3 Å². The van der Waals surface area contributed by atoms with Crippen LogP contribution in [0.25, 0.3) is 0 Å². The summed E-state index contributed by atoms with van der Waals surface area (Å²) >= 11 is 1.79. The Morgan fingerprint density at radius 2 is 1.96 bits per heavy atom. The van der Waals surface area contributed by atoms with Crippen molar-refractivity contribution in [3.05, 3.63) is 46.1 Å². The molecular weight excluding hydrogens is 342 g/mol. The molecule has 1 fully saturated rings. The summed E-state index contributed by atoms with van der Waals surface area (Å²) in [7, 11) is 0. The van der Waals surface area contributed by atoms with Crippen molar-refractivity contribution in [3.63, 3.8) is 0 Å². The fourth-order valence-corrected chi connectivity index (χ4v) is 5.73. The van der Waals surface area contributed by atoms with Gasteiger partial charge in [-0.1, -0.05) is 12.5 Å². The van der Waals surface area contributed by atoms with Crippen LogP contribution in [0, 0.1) is 0 Å². The fourth-order valence-electron chi connectivity index (χ4n) is 4.36. The highest BCUT2D eigenvalue weighted by Gasteiger charge is 2.33. The van der Waals surface area contributed by atoms with Gasteiger partial charge in [-0.15, -0.1) is 11.3 Å². The minimum absolute atomic E-state index is 0.0169. The lowest BCUT2D eigenvalue weighted by Gasteiger charge is -2.35. The Morgan fingerprint density at radius 3 is 2.69 bits per heavy atom. The predicted octanol–water partition coefficient (Wildman–Crippen LogP) is 4.56. The van der Waals surface area contributed by atoms with E-state index in [4.69, 9.17) is 4.98 Å². The maximum Gasteiger partial charge on any atom is 0.221 e. The van der Waals surface area contributed by atoms with E-state index in [-0.39, 0.29) is 11.9 Å². The van der Waals surface area contributed by atoms with E-state index < -0.39 is 0 Å². The average Bonchev–Trinajstić information content (AvgIpc) is 3.01. The summed E-state index contributed by atoms with van der Waals surface area (Å²) in [6.07, 6.45) is 10.4. The molecule has 3 heterocycles. The molecule has 0 bridgehead atoms. The number of fused-ring (bicyclic) bond motifs is 1. The number of carbonyl (C=O) groups excluding carboxylic acids is 1. The Hall–Kier alpha value is -1.72. The molecule has 1 unspecified atom stereocenters. The first-order valence-electron chi connectivity index (χ1n) is 9.81. The molecule has 0 spiro atoms.